The molecule has 0 fully saturated rings. The van der Waals surface area contributed by atoms with Gasteiger partial charge in [-0.25, -0.2) is 9.97 Å². The van der Waals surface area contributed by atoms with Crippen molar-refractivity contribution in [2.24, 2.45) is 22.1 Å². The van der Waals surface area contributed by atoms with Gasteiger partial charge in [-0.3, -0.25) is 19.2 Å². The normalized spacial score (nSPS) is 12.3. The lowest BCUT2D eigenvalue weighted by Crippen LogP contribution is -2.45. The van der Waals surface area contributed by atoms with E-state index in [0.717, 1.165) is 5.69 Å². The van der Waals surface area contributed by atoms with E-state index in [-0.39, 0.29) is 28.7 Å². The minimum Gasteiger partial charge on any atom is -0.378 e. The van der Waals surface area contributed by atoms with Crippen LogP contribution in [0.25, 0.3) is 0 Å². The van der Waals surface area contributed by atoms with Crippen LogP contribution in [0.5, 0.6) is 0 Å². The van der Waals surface area contributed by atoms with E-state index in [1.807, 2.05) is 58.8 Å². The minimum absolute atomic E-state index is 0.0697. The van der Waals surface area contributed by atoms with E-state index in [1.165, 1.54) is 18.2 Å². The van der Waals surface area contributed by atoms with Crippen molar-refractivity contribution in [3.63, 3.8) is 0 Å². The predicted octanol–water partition coefficient (Wildman–Crippen LogP) is 6.52. The summed E-state index contributed by atoms with van der Waals surface area (Å²) in [5, 5.41) is 19.8. The molecular weight excluding hydrogens is 646 g/mol. The number of carbonyl (C=O) groups is 4. The molecule has 2 heterocycles. The average molecular weight is 692 g/mol. The van der Waals surface area contributed by atoms with E-state index < -0.39 is 35.7 Å². The number of carbonyl (C=O) groups excluding carboxylic acids is 4. The molecule has 4 rings (SSSR count). The number of rotatable bonds is 15. The number of anilines is 3. The molecule has 0 unspecified atom stereocenters. The van der Waals surface area contributed by atoms with Gasteiger partial charge in [0, 0.05) is 43.3 Å². The second-order valence-corrected chi connectivity index (χ2v) is 13.1. The van der Waals surface area contributed by atoms with Gasteiger partial charge in [0.05, 0.1) is 11.4 Å². The van der Waals surface area contributed by atoms with Crippen LogP contribution in [0.3, 0.4) is 0 Å². The summed E-state index contributed by atoms with van der Waals surface area (Å²) in [4.78, 5) is 64.4. The molecule has 0 spiro atoms. The highest BCUT2D eigenvalue weighted by Gasteiger charge is 2.26. The first kappa shape index (κ1) is 37.8. The number of hydrogen-bond acceptors (Lipinski definition) is 9. The van der Waals surface area contributed by atoms with Gasteiger partial charge in [-0.15, -0.1) is 0 Å². The maximum atomic E-state index is 13.8. The van der Waals surface area contributed by atoms with Crippen LogP contribution in [-0.4, -0.2) is 59.8 Å². The molecule has 266 valence electrons. The Balaban J connectivity index is 1.64. The van der Waals surface area contributed by atoms with Gasteiger partial charge in [0.25, 0.3) is 11.8 Å². The van der Waals surface area contributed by atoms with Crippen molar-refractivity contribution < 1.29 is 19.2 Å². The summed E-state index contributed by atoms with van der Waals surface area (Å²) in [6, 6.07) is 20.3. The third kappa shape index (κ3) is 11.8. The maximum Gasteiger partial charge on any atom is 0.252 e. The highest BCUT2D eigenvalue weighted by molar-refractivity contribution is 6.05. The molecule has 0 saturated heterocycles. The van der Waals surface area contributed by atoms with Gasteiger partial charge in [-0.1, -0.05) is 39.8 Å². The quantitative estimate of drug-likeness (QED) is 0.103. The first-order chi connectivity index (χ1) is 24.4. The smallest absolute Gasteiger partial charge is 0.252 e. The number of nitrogens with one attached hydrogen (secondary N) is 4. The molecule has 2 atom stereocenters. The zero-order chi connectivity index (χ0) is 36.9. The maximum absolute atomic E-state index is 13.8. The molecule has 0 saturated carbocycles. The number of aromatic nitrogens is 2. The van der Waals surface area contributed by atoms with Crippen LogP contribution in [0.2, 0.25) is 0 Å². The summed E-state index contributed by atoms with van der Waals surface area (Å²) < 4.78 is 0. The van der Waals surface area contributed by atoms with Crippen molar-refractivity contribution >= 4 is 52.3 Å². The Labute approximate surface area is 298 Å². The Morgan fingerprint density at radius 2 is 1.08 bits per heavy atom. The summed E-state index contributed by atoms with van der Waals surface area (Å²) >= 11 is 0. The van der Waals surface area contributed by atoms with E-state index in [1.54, 1.807) is 60.9 Å². The summed E-state index contributed by atoms with van der Waals surface area (Å²) in [6.07, 6.45) is 3.82. The molecule has 2 aromatic heterocycles. The van der Waals surface area contributed by atoms with Crippen molar-refractivity contribution in [3.8, 4) is 0 Å². The van der Waals surface area contributed by atoms with E-state index in [2.05, 4.69) is 41.5 Å². The molecule has 0 radical (unpaired) electrons. The third-order valence-electron chi connectivity index (χ3n) is 7.58. The summed E-state index contributed by atoms with van der Waals surface area (Å²) in [5.41, 5.74) is 1.93. The van der Waals surface area contributed by atoms with E-state index >= 15 is 0 Å². The lowest BCUT2D eigenvalue weighted by molar-refractivity contribution is -0.119. The highest BCUT2D eigenvalue weighted by atomic mass is 16.2. The Bertz CT molecular complexity index is 1710. The number of amides is 4. The SMILES string of the molecule is CC(C)C[C@H](NC(=O)c1cc(N=Nc2ccc(N(C)C)cc2)cc(C(=O)N[C@@H](CC(C)C)C(=O)Nc2ccccn2)c1)C(=O)Nc1ccccn1. The molecule has 0 aliphatic carbocycles. The first-order valence-corrected chi connectivity index (χ1v) is 16.8. The second kappa shape index (κ2) is 18.1. The van der Waals surface area contributed by atoms with Gasteiger partial charge in [-0.05, 0) is 91.4 Å². The van der Waals surface area contributed by atoms with Crippen LogP contribution < -0.4 is 26.2 Å². The summed E-state index contributed by atoms with van der Waals surface area (Å²) in [7, 11) is 3.86. The van der Waals surface area contributed by atoms with Crippen LogP contribution in [0.1, 0.15) is 61.3 Å². The standard InChI is InChI=1S/C38H45N9O4/c1-24(2)19-31(37(50)43-33-11-7-9-17-39-33)41-35(48)26-21-27(23-29(22-26)46-45-28-13-15-30(16-14-28)47(5)6)36(49)42-32(20-25(3)4)38(51)44-34-12-8-10-18-40-34/h7-18,21-25,31-32H,19-20H2,1-6H3,(H,41,48)(H,42,49)(H,39,43,50)(H,40,44,51)/t31-,32-/m0/s1. The fraction of sp³-hybridized carbons (Fsp3) is 0.316. The molecule has 0 bridgehead atoms. The van der Waals surface area contributed by atoms with Crippen molar-refractivity contribution in [3.05, 3.63) is 102 Å². The fourth-order valence-corrected chi connectivity index (χ4v) is 5.05. The largest absolute Gasteiger partial charge is 0.378 e. The Kier molecular flexibility index (Phi) is 13.5. The lowest BCUT2D eigenvalue weighted by atomic mass is 10.0. The number of azo groups is 1. The zero-order valence-electron chi connectivity index (χ0n) is 29.8. The first-order valence-electron chi connectivity index (χ1n) is 16.8. The van der Waals surface area contributed by atoms with Crippen LogP contribution in [0, 0.1) is 11.8 Å². The van der Waals surface area contributed by atoms with Gasteiger partial charge in [0.2, 0.25) is 11.8 Å². The van der Waals surface area contributed by atoms with Crippen molar-refractivity contribution in [2.45, 2.75) is 52.6 Å². The summed E-state index contributed by atoms with van der Waals surface area (Å²) in [5.74, 6) is -1.19. The predicted molar refractivity (Wildman–Crippen MR) is 199 cm³/mol. The molecule has 51 heavy (non-hydrogen) atoms. The fourth-order valence-electron chi connectivity index (χ4n) is 5.05. The molecule has 0 aliphatic rings. The molecule has 4 amide bonds. The van der Waals surface area contributed by atoms with Crippen molar-refractivity contribution in [1.29, 1.82) is 0 Å². The molecule has 2 aromatic carbocycles. The Morgan fingerprint density at radius 3 is 1.47 bits per heavy atom. The topological polar surface area (TPSA) is 170 Å². The van der Waals surface area contributed by atoms with E-state index in [0.29, 0.717) is 30.2 Å². The van der Waals surface area contributed by atoms with E-state index in [4.69, 9.17) is 0 Å². The monoisotopic (exact) mass is 691 g/mol. The van der Waals surface area contributed by atoms with Gasteiger partial charge >= 0.3 is 0 Å². The van der Waals surface area contributed by atoms with Gasteiger partial charge in [-0.2, -0.15) is 10.2 Å². The Morgan fingerprint density at radius 1 is 0.627 bits per heavy atom. The third-order valence-corrected chi connectivity index (χ3v) is 7.58. The van der Waals surface area contributed by atoms with Crippen LogP contribution in [-0.2, 0) is 9.59 Å². The number of benzene rings is 2. The average Bonchev–Trinajstić information content (AvgIpc) is 3.10. The summed E-state index contributed by atoms with van der Waals surface area (Å²) in [6.45, 7) is 7.78. The lowest BCUT2D eigenvalue weighted by Gasteiger charge is -2.21. The van der Waals surface area contributed by atoms with Gasteiger partial charge in [0.15, 0.2) is 0 Å². The molecule has 0 aliphatic heterocycles. The Hall–Kier alpha value is -5.98. The molecule has 13 heteroatoms. The zero-order valence-corrected chi connectivity index (χ0v) is 29.8. The van der Waals surface area contributed by atoms with Crippen LogP contribution in [0.4, 0.5) is 28.7 Å². The highest BCUT2D eigenvalue weighted by Crippen LogP contribution is 2.24. The molecule has 13 nitrogen and oxygen atoms in total. The number of nitrogens with zero attached hydrogens (tertiary/aromatic N) is 5. The second-order valence-electron chi connectivity index (χ2n) is 13.1. The van der Waals surface area contributed by atoms with Crippen molar-refractivity contribution in [1.82, 2.24) is 20.6 Å². The molecular formula is C38H45N9O4. The number of hydrogen-bond donors (Lipinski definition) is 4. The minimum atomic E-state index is -0.900. The number of pyridine rings is 2. The van der Waals surface area contributed by atoms with Crippen LogP contribution in [0.15, 0.2) is 101 Å². The van der Waals surface area contributed by atoms with Crippen LogP contribution >= 0.6 is 0 Å². The van der Waals surface area contributed by atoms with Gasteiger partial charge in [0.1, 0.15) is 23.7 Å². The van der Waals surface area contributed by atoms with Gasteiger partial charge < -0.3 is 26.2 Å². The van der Waals surface area contributed by atoms with E-state index in [9.17, 15) is 19.2 Å². The van der Waals surface area contributed by atoms with Crippen molar-refractivity contribution in [2.75, 3.05) is 29.6 Å². The molecule has 4 N–H and O–H groups in total. The molecule has 4 aromatic rings.